The van der Waals surface area contributed by atoms with Gasteiger partial charge in [-0.15, -0.1) is 11.6 Å². The molecule has 0 bridgehead atoms. The molecule has 0 saturated carbocycles. The van der Waals surface area contributed by atoms with Gasteiger partial charge in [0.15, 0.2) is 0 Å². The average Bonchev–Trinajstić information content (AvgIpc) is 2.57. The van der Waals surface area contributed by atoms with Crippen LogP contribution < -0.4 is 5.32 Å². The molecule has 2 N–H and O–H groups in total. The number of halogens is 1. The molecule has 5 nitrogen and oxygen atoms in total. The number of aromatic nitrogens is 3. The Morgan fingerprint density at radius 3 is 3.17 bits per heavy atom. The number of carbonyl (C=O) groups is 1. The number of hydrogen-bond acceptors (Lipinski definition) is 3. The van der Waals surface area contributed by atoms with E-state index < -0.39 is 0 Å². The molecule has 0 aliphatic rings. The second-order valence-electron chi connectivity index (χ2n) is 2.17. The summed E-state index contributed by atoms with van der Waals surface area (Å²) >= 11 is 5.26. The summed E-state index contributed by atoms with van der Waals surface area (Å²) < 4.78 is 0. The minimum absolute atomic E-state index is 0.00357. The Labute approximate surface area is 74.5 Å². The topological polar surface area (TPSA) is 70.7 Å². The normalized spacial score (nSPS) is 9.75. The summed E-state index contributed by atoms with van der Waals surface area (Å²) in [5.74, 6) is 0.581. The average molecular weight is 189 g/mol. The lowest BCUT2D eigenvalue weighted by Crippen LogP contribution is -2.26. The number of nitrogens with zero attached hydrogens (tertiary/aromatic N) is 2. The monoisotopic (exact) mass is 188 g/mol. The highest BCUT2D eigenvalue weighted by Crippen LogP contribution is 1.85. The van der Waals surface area contributed by atoms with Crippen molar-refractivity contribution in [3.05, 3.63) is 12.2 Å². The van der Waals surface area contributed by atoms with Crippen molar-refractivity contribution in [2.24, 2.45) is 0 Å². The Morgan fingerprint density at radius 1 is 1.75 bits per heavy atom. The standard InChI is InChI=1S/C6H9ClN4O/c7-3-6(12)8-2-1-5-9-4-10-11-5/h4H,1-3H2,(H,8,12)(H,9,10,11). The van der Waals surface area contributed by atoms with E-state index in [1.54, 1.807) is 0 Å². The van der Waals surface area contributed by atoms with Gasteiger partial charge < -0.3 is 5.32 Å². The van der Waals surface area contributed by atoms with Gasteiger partial charge in [-0.3, -0.25) is 9.89 Å². The number of carbonyl (C=O) groups excluding carboxylic acids is 1. The van der Waals surface area contributed by atoms with Crippen LogP contribution in [0, 0.1) is 0 Å². The first-order valence-electron chi connectivity index (χ1n) is 3.50. The van der Waals surface area contributed by atoms with Crippen molar-refractivity contribution in [3.8, 4) is 0 Å². The van der Waals surface area contributed by atoms with E-state index in [1.165, 1.54) is 6.33 Å². The van der Waals surface area contributed by atoms with E-state index in [-0.39, 0.29) is 11.8 Å². The molecule has 1 aromatic heterocycles. The van der Waals surface area contributed by atoms with Gasteiger partial charge in [-0.1, -0.05) is 0 Å². The summed E-state index contributed by atoms with van der Waals surface area (Å²) in [6.45, 7) is 0.529. The first kappa shape index (κ1) is 8.99. The summed E-state index contributed by atoms with van der Waals surface area (Å²) in [7, 11) is 0. The zero-order valence-electron chi connectivity index (χ0n) is 6.38. The largest absolute Gasteiger partial charge is 0.355 e. The molecule has 0 aromatic carbocycles. The van der Waals surface area contributed by atoms with E-state index in [0.717, 1.165) is 5.82 Å². The Morgan fingerprint density at radius 2 is 2.58 bits per heavy atom. The lowest BCUT2D eigenvalue weighted by molar-refractivity contribution is -0.118. The SMILES string of the molecule is O=C(CCl)NCCc1ncn[nH]1. The number of hydrogen-bond donors (Lipinski definition) is 2. The smallest absolute Gasteiger partial charge is 0.234 e. The van der Waals surface area contributed by atoms with Gasteiger partial charge in [0.1, 0.15) is 18.0 Å². The molecular weight excluding hydrogens is 180 g/mol. The van der Waals surface area contributed by atoms with Gasteiger partial charge in [-0.05, 0) is 0 Å². The lowest BCUT2D eigenvalue weighted by Gasteiger charge is -1.99. The minimum Gasteiger partial charge on any atom is -0.355 e. The van der Waals surface area contributed by atoms with E-state index in [0.29, 0.717) is 13.0 Å². The molecule has 6 heteroatoms. The summed E-state index contributed by atoms with van der Waals surface area (Å²) in [5, 5.41) is 8.96. The van der Waals surface area contributed by atoms with E-state index in [2.05, 4.69) is 20.5 Å². The third-order valence-corrected chi connectivity index (χ3v) is 1.51. The number of nitrogens with one attached hydrogen (secondary N) is 2. The third kappa shape index (κ3) is 2.87. The third-order valence-electron chi connectivity index (χ3n) is 1.27. The van der Waals surface area contributed by atoms with Crippen molar-refractivity contribution < 1.29 is 4.79 Å². The van der Waals surface area contributed by atoms with Crippen LogP contribution in [0.4, 0.5) is 0 Å². The van der Waals surface area contributed by atoms with Crippen molar-refractivity contribution in [2.75, 3.05) is 12.4 Å². The van der Waals surface area contributed by atoms with Crippen molar-refractivity contribution in [1.82, 2.24) is 20.5 Å². The van der Waals surface area contributed by atoms with Crippen LogP contribution in [0.15, 0.2) is 6.33 Å². The van der Waals surface area contributed by atoms with Crippen LogP contribution in [0.1, 0.15) is 5.82 Å². The van der Waals surface area contributed by atoms with E-state index in [9.17, 15) is 4.79 Å². The number of rotatable bonds is 4. The van der Waals surface area contributed by atoms with Crippen LogP contribution in [-0.2, 0) is 11.2 Å². The van der Waals surface area contributed by atoms with Crippen LogP contribution in [0.2, 0.25) is 0 Å². The fourth-order valence-electron chi connectivity index (χ4n) is 0.719. The molecule has 1 amide bonds. The molecule has 0 aliphatic carbocycles. The predicted molar refractivity (Wildman–Crippen MR) is 43.8 cm³/mol. The van der Waals surface area contributed by atoms with Gasteiger partial charge in [0.2, 0.25) is 5.91 Å². The van der Waals surface area contributed by atoms with Gasteiger partial charge in [-0.2, -0.15) is 5.10 Å². The van der Waals surface area contributed by atoms with E-state index >= 15 is 0 Å². The highest BCUT2D eigenvalue weighted by Gasteiger charge is 1.98. The number of amides is 1. The Balaban J connectivity index is 2.15. The summed E-state index contributed by atoms with van der Waals surface area (Å²) in [4.78, 5) is 14.5. The van der Waals surface area contributed by atoms with Gasteiger partial charge in [0.05, 0.1) is 0 Å². The number of alkyl halides is 1. The van der Waals surface area contributed by atoms with Crippen LogP contribution in [0.3, 0.4) is 0 Å². The van der Waals surface area contributed by atoms with E-state index in [4.69, 9.17) is 11.6 Å². The highest BCUT2D eigenvalue weighted by molar-refractivity contribution is 6.27. The summed E-state index contributed by atoms with van der Waals surface area (Å²) in [5.41, 5.74) is 0. The maximum atomic E-state index is 10.7. The zero-order chi connectivity index (χ0) is 8.81. The lowest BCUT2D eigenvalue weighted by atomic mass is 10.4. The predicted octanol–water partition coefficient (Wildman–Crippen LogP) is -0.298. The molecule has 1 aromatic rings. The Hall–Kier alpha value is -1.10. The summed E-state index contributed by atoms with van der Waals surface area (Å²) in [6, 6.07) is 0. The fraction of sp³-hybridized carbons (Fsp3) is 0.500. The molecule has 0 unspecified atom stereocenters. The first-order valence-corrected chi connectivity index (χ1v) is 4.03. The van der Waals surface area contributed by atoms with Crippen LogP contribution in [0.25, 0.3) is 0 Å². The van der Waals surface area contributed by atoms with Crippen LogP contribution in [-0.4, -0.2) is 33.5 Å². The molecule has 0 radical (unpaired) electrons. The fourth-order valence-corrected chi connectivity index (χ4v) is 0.813. The minimum atomic E-state index is -0.170. The van der Waals surface area contributed by atoms with Crippen molar-refractivity contribution in [3.63, 3.8) is 0 Å². The van der Waals surface area contributed by atoms with Gasteiger partial charge >= 0.3 is 0 Å². The quantitative estimate of drug-likeness (QED) is 0.638. The Kier molecular flexibility index (Phi) is 3.53. The van der Waals surface area contributed by atoms with Crippen LogP contribution >= 0.6 is 11.6 Å². The molecule has 66 valence electrons. The zero-order valence-corrected chi connectivity index (χ0v) is 7.14. The number of H-pyrrole nitrogens is 1. The molecule has 12 heavy (non-hydrogen) atoms. The molecule has 1 rings (SSSR count). The van der Waals surface area contributed by atoms with Gasteiger partial charge in [0.25, 0.3) is 0 Å². The van der Waals surface area contributed by atoms with Gasteiger partial charge in [0, 0.05) is 13.0 Å². The molecule has 0 atom stereocenters. The second kappa shape index (κ2) is 4.71. The Bertz CT molecular complexity index is 236. The van der Waals surface area contributed by atoms with Crippen molar-refractivity contribution >= 4 is 17.5 Å². The van der Waals surface area contributed by atoms with E-state index in [1.807, 2.05) is 0 Å². The molecule has 0 saturated heterocycles. The van der Waals surface area contributed by atoms with Crippen molar-refractivity contribution in [1.29, 1.82) is 0 Å². The molecule has 0 spiro atoms. The van der Waals surface area contributed by atoms with Gasteiger partial charge in [-0.25, -0.2) is 4.98 Å². The second-order valence-corrected chi connectivity index (χ2v) is 2.43. The molecule has 0 fully saturated rings. The van der Waals surface area contributed by atoms with Crippen molar-refractivity contribution in [2.45, 2.75) is 6.42 Å². The molecular formula is C6H9ClN4O. The first-order chi connectivity index (χ1) is 5.83. The number of aromatic amines is 1. The molecule has 1 heterocycles. The molecule has 0 aliphatic heterocycles. The maximum Gasteiger partial charge on any atom is 0.234 e. The maximum absolute atomic E-state index is 10.7. The van der Waals surface area contributed by atoms with Crippen LogP contribution in [0.5, 0.6) is 0 Å². The highest BCUT2D eigenvalue weighted by atomic mass is 35.5. The summed E-state index contributed by atoms with van der Waals surface area (Å²) in [6.07, 6.45) is 2.07.